The molecule has 1 heterocycles. The third kappa shape index (κ3) is 2.61. The molecule has 1 atom stereocenters. The second-order valence-corrected chi connectivity index (χ2v) is 3.85. The molecule has 0 spiro atoms. The molecule has 0 aromatic heterocycles. The molecule has 1 unspecified atom stereocenters. The van der Waals surface area contributed by atoms with Crippen LogP contribution in [0.3, 0.4) is 0 Å². The van der Waals surface area contributed by atoms with Crippen LogP contribution in [0.15, 0.2) is 35.3 Å². The Labute approximate surface area is 104 Å². The predicted molar refractivity (Wildman–Crippen MR) is 59.4 cm³/mol. The van der Waals surface area contributed by atoms with Gasteiger partial charge in [0.1, 0.15) is 0 Å². The average molecular weight is 309 g/mol. The Morgan fingerprint density at radius 1 is 1.29 bits per heavy atom. The quantitative estimate of drug-likeness (QED) is 0.619. The summed E-state index contributed by atoms with van der Waals surface area (Å²) in [5.41, 5.74) is 0.779. The molecule has 0 amide bonds. The highest BCUT2D eigenvalue weighted by atomic mass is 79.9. The summed E-state index contributed by atoms with van der Waals surface area (Å²) in [4.78, 5) is 8.20. The molecule has 1 aliphatic heterocycles. The van der Waals surface area contributed by atoms with E-state index in [-0.39, 0.29) is 5.45 Å². The number of alkyl halides is 4. The van der Waals surface area contributed by atoms with E-state index in [2.05, 4.69) is 25.8 Å². The zero-order chi connectivity index (χ0) is 12.5. The summed E-state index contributed by atoms with van der Waals surface area (Å²) in [6, 6.07) is 8.66. The molecule has 2 rings (SSSR count). The Bertz CT molecular complexity index is 421. The minimum absolute atomic E-state index is 0.135. The van der Waals surface area contributed by atoms with Crippen LogP contribution in [-0.2, 0) is 4.84 Å². The molecule has 7 heteroatoms. The number of hydrogen-bond donors (Lipinski definition) is 0. The number of hydroxylamine groups is 2. The van der Waals surface area contributed by atoms with Crippen LogP contribution in [-0.4, -0.2) is 22.6 Å². The molecule has 0 saturated heterocycles. The first-order valence-corrected chi connectivity index (χ1v) is 5.85. The van der Waals surface area contributed by atoms with Gasteiger partial charge in [-0.15, -0.1) is 5.06 Å². The first-order chi connectivity index (χ1) is 8.02. The summed E-state index contributed by atoms with van der Waals surface area (Å²) in [6.45, 7) is 0. The van der Waals surface area contributed by atoms with Gasteiger partial charge in [0.05, 0.1) is 5.45 Å². The van der Waals surface area contributed by atoms with Gasteiger partial charge in [-0.2, -0.15) is 13.2 Å². The highest BCUT2D eigenvalue weighted by Gasteiger charge is 2.45. The summed E-state index contributed by atoms with van der Waals surface area (Å²) in [6.07, 6.45) is -5.34. The lowest BCUT2D eigenvalue weighted by Gasteiger charge is -2.18. The third-order valence-corrected chi connectivity index (χ3v) is 2.67. The van der Waals surface area contributed by atoms with Gasteiger partial charge >= 0.3 is 12.1 Å². The van der Waals surface area contributed by atoms with Crippen LogP contribution in [0.5, 0.6) is 0 Å². The first kappa shape index (κ1) is 12.4. The Balaban J connectivity index is 2.29. The number of nitrogens with zero attached hydrogens (tertiary/aromatic N) is 2. The molecule has 92 valence electrons. The van der Waals surface area contributed by atoms with Crippen molar-refractivity contribution in [2.75, 3.05) is 5.45 Å². The second-order valence-electron chi connectivity index (χ2n) is 3.34. The van der Waals surface area contributed by atoms with E-state index in [1.165, 1.54) is 0 Å². The largest absolute Gasteiger partial charge is 0.470 e. The van der Waals surface area contributed by atoms with E-state index in [1.807, 2.05) is 0 Å². The number of halogens is 4. The summed E-state index contributed by atoms with van der Waals surface area (Å²) in [7, 11) is 0. The molecular weight excluding hydrogens is 301 g/mol. The number of benzene rings is 1. The van der Waals surface area contributed by atoms with E-state index < -0.39 is 18.2 Å². The molecule has 1 aromatic carbocycles. The molecule has 0 fully saturated rings. The van der Waals surface area contributed by atoms with Crippen LogP contribution in [0.1, 0.15) is 11.7 Å². The van der Waals surface area contributed by atoms with Crippen molar-refractivity contribution in [3.8, 4) is 0 Å². The first-order valence-electron chi connectivity index (χ1n) is 4.73. The monoisotopic (exact) mass is 308 g/mol. The molecular formula is C10H8BrF3N2O. The van der Waals surface area contributed by atoms with Gasteiger partial charge in [-0.1, -0.05) is 46.3 Å². The van der Waals surface area contributed by atoms with Crippen molar-refractivity contribution in [2.45, 2.75) is 12.3 Å². The lowest BCUT2D eigenvalue weighted by Crippen LogP contribution is -2.28. The van der Waals surface area contributed by atoms with Gasteiger partial charge < -0.3 is 4.84 Å². The van der Waals surface area contributed by atoms with Gasteiger partial charge in [-0.25, -0.2) is 4.99 Å². The smallest absolute Gasteiger partial charge is 0.377 e. The summed E-state index contributed by atoms with van der Waals surface area (Å²) < 4.78 is 37.4. The van der Waals surface area contributed by atoms with Crippen molar-refractivity contribution < 1.29 is 18.0 Å². The topological polar surface area (TPSA) is 24.8 Å². The lowest BCUT2D eigenvalue weighted by atomic mass is 10.2. The second kappa shape index (κ2) is 4.66. The molecule has 3 nitrogen and oxygen atoms in total. The van der Waals surface area contributed by atoms with Crippen molar-refractivity contribution in [1.82, 2.24) is 5.06 Å². The van der Waals surface area contributed by atoms with Gasteiger partial charge in [0.2, 0.25) is 0 Å². The van der Waals surface area contributed by atoms with Gasteiger partial charge in [0.15, 0.2) is 6.17 Å². The number of hydrogen-bond acceptors (Lipinski definition) is 3. The number of rotatable bonds is 2. The van der Waals surface area contributed by atoms with Crippen LogP contribution < -0.4 is 0 Å². The molecule has 1 aliphatic rings. The minimum Gasteiger partial charge on any atom is -0.377 e. The van der Waals surface area contributed by atoms with Crippen molar-refractivity contribution in [1.29, 1.82) is 0 Å². The lowest BCUT2D eigenvalue weighted by molar-refractivity contribution is -0.124. The molecule has 0 aliphatic carbocycles. The van der Waals surface area contributed by atoms with Crippen molar-refractivity contribution >= 4 is 21.8 Å². The van der Waals surface area contributed by atoms with E-state index in [1.54, 1.807) is 30.3 Å². The fraction of sp³-hybridized carbons (Fsp3) is 0.300. The Hall–Kier alpha value is -1.08. The summed E-state index contributed by atoms with van der Waals surface area (Å²) in [5, 5.41) is 1.12. The Kier molecular flexibility index (Phi) is 3.39. The number of aliphatic imine (C=N–C) groups is 1. The molecule has 0 N–H and O–H groups in total. The van der Waals surface area contributed by atoms with E-state index in [9.17, 15) is 13.2 Å². The average Bonchev–Trinajstić information content (AvgIpc) is 2.73. The zero-order valence-electron chi connectivity index (χ0n) is 8.49. The fourth-order valence-electron chi connectivity index (χ4n) is 1.44. The Morgan fingerprint density at radius 2 is 1.94 bits per heavy atom. The molecule has 0 radical (unpaired) electrons. The standard InChI is InChI=1S/C10H8BrF3N2O/c11-6-16-8(7-4-2-1-3-5-7)15-9(17-16)10(12,13)14/h1-5,8H,6H2. The summed E-state index contributed by atoms with van der Waals surface area (Å²) in [5.74, 6) is -1.22. The molecule has 17 heavy (non-hydrogen) atoms. The van der Waals surface area contributed by atoms with Gasteiger partial charge in [-0.3, -0.25) is 0 Å². The van der Waals surface area contributed by atoms with Crippen LogP contribution in [0.2, 0.25) is 0 Å². The third-order valence-electron chi connectivity index (χ3n) is 2.17. The SMILES string of the molecule is FC(F)(F)C1=NC(c2ccccc2)N(CBr)O1. The fourth-order valence-corrected chi connectivity index (χ4v) is 1.82. The van der Waals surface area contributed by atoms with E-state index in [4.69, 9.17) is 0 Å². The van der Waals surface area contributed by atoms with E-state index >= 15 is 0 Å². The van der Waals surface area contributed by atoms with Crippen molar-refractivity contribution in [3.05, 3.63) is 35.9 Å². The van der Waals surface area contributed by atoms with E-state index in [0.29, 0.717) is 5.56 Å². The van der Waals surface area contributed by atoms with Crippen LogP contribution >= 0.6 is 15.9 Å². The maximum atomic E-state index is 12.5. The van der Waals surface area contributed by atoms with Gasteiger partial charge in [0, 0.05) is 0 Å². The molecule has 0 saturated carbocycles. The Morgan fingerprint density at radius 3 is 2.47 bits per heavy atom. The van der Waals surface area contributed by atoms with Crippen molar-refractivity contribution in [2.24, 2.45) is 4.99 Å². The molecule has 0 bridgehead atoms. The van der Waals surface area contributed by atoms with Gasteiger partial charge in [-0.05, 0) is 5.56 Å². The van der Waals surface area contributed by atoms with Gasteiger partial charge in [0.25, 0.3) is 0 Å². The maximum Gasteiger partial charge on any atom is 0.470 e. The van der Waals surface area contributed by atoms with Crippen molar-refractivity contribution in [3.63, 3.8) is 0 Å². The minimum atomic E-state index is -4.57. The zero-order valence-corrected chi connectivity index (χ0v) is 10.1. The highest BCUT2D eigenvalue weighted by molar-refractivity contribution is 9.09. The normalized spacial score (nSPS) is 21.2. The summed E-state index contributed by atoms with van der Waals surface area (Å²) >= 11 is 3.07. The molecule has 1 aromatic rings. The van der Waals surface area contributed by atoms with Crippen LogP contribution in [0, 0.1) is 0 Å². The van der Waals surface area contributed by atoms with Crippen LogP contribution in [0.4, 0.5) is 13.2 Å². The predicted octanol–water partition coefficient (Wildman–Crippen LogP) is 3.25. The van der Waals surface area contributed by atoms with Crippen LogP contribution in [0.25, 0.3) is 0 Å². The van der Waals surface area contributed by atoms with E-state index in [0.717, 1.165) is 5.06 Å². The maximum absolute atomic E-state index is 12.5. The highest BCUT2D eigenvalue weighted by Crippen LogP contribution is 2.33.